The summed E-state index contributed by atoms with van der Waals surface area (Å²) in [5.41, 5.74) is 1.83. The van der Waals surface area contributed by atoms with Crippen LogP contribution < -0.4 is 9.80 Å². The van der Waals surface area contributed by atoms with Crippen LogP contribution in [0.2, 0.25) is 0 Å². The Kier molecular flexibility index (Phi) is 9.28. The van der Waals surface area contributed by atoms with Gasteiger partial charge >= 0.3 is 11.9 Å². The summed E-state index contributed by atoms with van der Waals surface area (Å²) < 4.78 is 27.6. The predicted octanol–water partition coefficient (Wildman–Crippen LogP) is 3.84. The maximum atomic E-state index is 12.4. The van der Waals surface area contributed by atoms with Gasteiger partial charge in [-0.05, 0) is 46.4 Å². The highest BCUT2D eigenvalue weighted by Gasteiger charge is 2.38. The number of benzene rings is 2. The molecule has 1 atom stereocenters. The van der Waals surface area contributed by atoms with Gasteiger partial charge in [-0.3, -0.25) is 4.79 Å². The lowest BCUT2D eigenvalue weighted by molar-refractivity contribution is -0.266. The lowest BCUT2D eigenvalue weighted by Gasteiger charge is -2.38. The number of anilines is 1. The van der Waals surface area contributed by atoms with Gasteiger partial charge in [-0.15, -0.1) is 0 Å². The van der Waals surface area contributed by atoms with Gasteiger partial charge in [0.15, 0.2) is 6.61 Å². The van der Waals surface area contributed by atoms with Gasteiger partial charge in [0.25, 0.3) is 0 Å². The second-order valence-electron chi connectivity index (χ2n) is 7.27. The molecular weight excluding hydrogens is 557 g/mol. The fourth-order valence-corrected chi connectivity index (χ4v) is 3.86. The topological polar surface area (TPSA) is 92.8 Å². The molecule has 1 unspecified atom stereocenters. The molecule has 0 saturated heterocycles. The van der Waals surface area contributed by atoms with E-state index in [0.29, 0.717) is 33.7 Å². The van der Waals surface area contributed by atoms with Crippen molar-refractivity contribution in [2.24, 2.45) is 0 Å². The van der Waals surface area contributed by atoms with Crippen LogP contribution in [0.4, 0.5) is 5.69 Å². The zero-order valence-corrected chi connectivity index (χ0v) is 21.3. The molecule has 0 aliphatic carbocycles. The Morgan fingerprint density at radius 1 is 1.18 bits per heavy atom. The van der Waals surface area contributed by atoms with E-state index in [0.717, 1.165) is 5.56 Å². The van der Waals surface area contributed by atoms with Crippen molar-refractivity contribution in [1.82, 2.24) is 0 Å². The van der Waals surface area contributed by atoms with E-state index in [1.165, 1.54) is 21.1 Å². The van der Waals surface area contributed by atoms with Crippen molar-refractivity contribution in [3.8, 4) is 5.75 Å². The maximum absolute atomic E-state index is 12.4. The Balaban J connectivity index is 1.93. The second-order valence-corrected chi connectivity index (χ2v) is 8.35. The van der Waals surface area contributed by atoms with Crippen molar-refractivity contribution < 1.29 is 38.1 Å². The number of hydroxylamine groups is 1. The number of hydrogen-bond acceptors (Lipinski definition) is 9. The molecule has 0 saturated carbocycles. The number of ether oxygens (including phenoxy) is 5. The fraction of sp³-hybridized carbons (Fsp3) is 0.333. The first-order valence-electron chi connectivity index (χ1n) is 10.4. The van der Waals surface area contributed by atoms with Crippen molar-refractivity contribution in [2.45, 2.75) is 19.3 Å². The van der Waals surface area contributed by atoms with Gasteiger partial charge in [0.2, 0.25) is 5.79 Å². The number of rotatable bonds is 10. The van der Waals surface area contributed by atoms with Crippen LogP contribution in [0.3, 0.4) is 0 Å². The second kappa shape index (κ2) is 12.2. The van der Waals surface area contributed by atoms with Crippen LogP contribution >= 0.6 is 22.6 Å². The van der Waals surface area contributed by atoms with Crippen LogP contribution in [0.15, 0.2) is 54.6 Å². The Hall–Kier alpha value is -2.67. The molecule has 0 bridgehead atoms. The first-order valence-corrected chi connectivity index (χ1v) is 11.4. The molecule has 0 spiro atoms. The molecule has 182 valence electrons. The molecular formula is C24H26INO8. The van der Waals surface area contributed by atoms with Gasteiger partial charge in [0.05, 0.1) is 28.5 Å². The molecule has 34 heavy (non-hydrogen) atoms. The van der Waals surface area contributed by atoms with Crippen LogP contribution in [-0.2, 0) is 35.2 Å². The molecule has 0 fully saturated rings. The number of esters is 2. The largest absolute Gasteiger partial charge is 0.488 e. The van der Waals surface area contributed by atoms with Crippen LogP contribution in [0.1, 0.15) is 22.8 Å². The highest BCUT2D eigenvalue weighted by molar-refractivity contribution is 14.1. The number of carbonyl (C=O) groups excluding carboxylic acids is 2. The average Bonchev–Trinajstić information content (AvgIpc) is 2.86. The lowest BCUT2D eigenvalue weighted by Crippen LogP contribution is -2.49. The standard InChI is InChI=1S/C24H26INO8/c1-17(27)32-15-24(33-16-29-2)10-7-11-26(34-24)20-12-19(23(28)30-3)13-21(22(20)25)31-14-18-8-5-4-6-9-18/h4-10,12-13H,11,14-16H2,1-3H3. The number of methoxy groups -OCH3 is 2. The maximum Gasteiger partial charge on any atom is 0.338 e. The smallest absolute Gasteiger partial charge is 0.338 e. The minimum absolute atomic E-state index is 0.0931. The minimum Gasteiger partial charge on any atom is -0.488 e. The molecule has 2 aromatic rings. The summed E-state index contributed by atoms with van der Waals surface area (Å²) in [6, 6.07) is 13.0. The third-order valence-corrected chi connectivity index (χ3v) is 5.84. The summed E-state index contributed by atoms with van der Waals surface area (Å²) in [5, 5.41) is 1.54. The molecule has 3 rings (SSSR count). The quantitative estimate of drug-likeness (QED) is 0.179. The van der Waals surface area contributed by atoms with Gasteiger partial charge in [-0.2, -0.15) is 0 Å². The van der Waals surface area contributed by atoms with E-state index in [9.17, 15) is 9.59 Å². The Morgan fingerprint density at radius 2 is 1.94 bits per heavy atom. The number of nitrogens with zero attached hydrogens (tertiary/aromatic N) is 1. The summed E-state index contributed by atoms with van der Waals surface area (Å²) in [6.07, 6.45) is 3.48. The van der Waals surface area contributed by atoms with E-state index < -0.39 is 17.7 Å². The van der Waals surface area contributed by atoms with Crippen LogP contribution in [0, 0.1) is 3.57 Å². The molecule has 0 N–H and O–H groups in total. The van der Waals surface area contributed by atoms with Crippen LogP contribution in [0.25, 0.3) is 0 Å². The highest BCUT2D eigenvalue weighted by atomic mass is 127. The number of hydrogen-bond donors (Lipinski definition) is 0. The highest BCUT2D eigenvalue weighted by Crippen LogP contribution is 2.36. The molecule has 0 amide bonds. The van der Waals surface area contributed by atoms with Crippen LogP contribution in [0.5, 0.6) is 5.75 Å². The van der Waals surface area contributed by atoms with Gasteiger partial charge in [0.1, 0.15) is 19.1 Å². The van der Waals surface area contributed by atoms with Crippen molar-refractivity contribution in [3.05, 3.63) is 69.3 Å². The van der Waals surface area contributed by atoms with E-state index in [4.69, 9.17) is 28.5 Å². The zero-order chi connectivity index (χ0) is 24.6. The predicted molar refractivity (Wildman–Crippen MR) is 131 cm³/mol. The van der Waals surface area contributed by atoms with Crippen LogP contribution in [-0.4, -0.2) is 51.9 Å². The summed E-state index contributed by atoms with van der Waals surface area (Å²) in [6.45, 7) is 1.67. The van der Waals surface area contributed by atoms with E-state index in [1.54, 1.807) is 23.3 Å². The van der Waals surface area contributed by atoms with E-state index >= 15 is 0 Å². The third-order valence-electron chi connectivity index (χ3n) is 4.75. The van der Waals surface area contributed by atoms with Gasteiger partial charge < -0.3 is 23.7 Å². The van der Waals surface area contributed by atoms with Crippen molar-refractivity contribution in [2.75, 3.05) is 39.2 Å². The molecule has 0 radical (unpaired) electrons. The number of halogens is 1. The molecule has 1 aliphatic heterocycles. The molecule has 9 nitrogen and oxygen atoms in total. The summed E-state index contributed by atoms with van der Waals surface area (Å²) in [5.74, 6) is -1.91. The Morgan fingerprint density at radius 3 is 2.62 bits per heavy atom. The first kappa shape index (κ1) is 25.9. The molecule has 1 heterocycles. The van der Waals surface area contributed by atoms with Crippen molar-refractivity contribution in [1.29, 1.82) is 0 Å². The van der Waals surface area contributed by atoms with Gasteiger partial charge in [-0.25, -0.2) is 14.7 Å². The SMILES string of the molecule is COCOC1(COC(C)=O)C=CCN(c2cc(C(=O)OC)cc(OCc3ccccc3)c2I)O1. The van der Waals surface area contributed by atoms with Gasteiger partial charge in [0, 0.05) is 14.0 Å². The van der Waals surface area contributed by atoms with E-state index in [1.807, 2.05) is 36.4 Å². The molecule has 1 aliphatic rings. The Labute approximate surface area is 211 Å². The summed E-state index contributed by atoms with van der Waals surface area (Å²) >= 11 is 2.14. The Bertz CT molecular complexity index is 1030. The average molecular weight is 583 g/mol. The molecule has 10 heteroatoms. The lowest BCUT2D eigenvalue weighted by atomic mass is 10.1. The first-order chi connectivity index (χ1) is 16.4. The van der Waals surface area contributed by atoms with Crippen molar-refractivity contribution >= 4 is 40.2 Å². The summed E-state index contributed by atoms with van der Waals surface area (Å²) in [4.78, 5) is 29.9. The number of carbonyl (C=O) groups is 2. The fourth-order valence-electron chi connectivity index (χ4n) is 3.12. The zero-order valence-electron chi connectivity index (χ0n) is 19.1. The monoisotopic (exact) mass is 583 g/mol. The minimum atomic E-state index is -1.41. The van der Waals surface area contributed by atoms with E-state index in [2.05, 4.69) is 22.6 Å². The van der Waals surface area contributed by atoms with Crippen molar-refractivity contribution in [3.63, 3.8) is 0 Å². The summed E-state index contributed by atoms with van der Waals surface area (Å²) in [7, 11) is 2.79. The third kappa shape index (κ3) is 6.69. The molecule has 0 aromatic heterocycles. The van der Waals surface area contributed by atoms with Gasteiger partial charge in [-0.1, -0.05) is 36.4 Å². The molecule has 2 aromatic carbocycles. The van der Waals surface area contributed by atoms with E-state index in [-0.39, 0.29) is 13.4 Å². The normalized spacial score (nSPS) is 17.4.